The van der Waals surface area contributed by atoms with Gasteiger partial charge < -0.3 is 4.90 Å². The van der Waals surface area contributed by atoms with Crippen LogP contribution in [0.5, 0.6) is 0 Å². The highest BCUT2D eigenvalue weighted by molar-refractivity contribution is 7.89. The molecule has 1 amide bonds. The van der Waals surface area contributed by atoms with Crippen LogP contribution in [0.2, 0.25) is 0 Å². The summed E-state index contributed by atoms with van der Waals surface area (Å²) in [6.07, 6.45) is 1.52. The van der Waals surface area contributed by atoms with Crippen molar-refractivity contribution in [3.05, 3.63) is 29.8 Å². The van der Waals surface area contributed by atoms with Crippen LogP contribution in [0.25, 0.3) is 0 Å². The maximum atomic E-state index is 11.7. The van der Waals surface area contributed by atoms with Gasteiger partial charge in [0.05, 0.1) is 5.75 Å². The number of amides is 1. The van der Waals surface area contributed by atoms with E-state index >= 15 is 0 Å². The molecule has 0 atom stereocenters. The van der Waals surface area contributed by atoms with Gasteiger partial charge in [0.15, 0.2) is 0 Å². The van der Waals surface area contributed by atoms with Crippen molar-refractivity contribution < 1.29 is 13.2 Å². The van der Waals surface area contributed by atoms with Crippen LogP contribution in [-0.4, -0.2) is 33.2 Å². The number of carbonyl (C=O) groups is 1. The van der Waals surface area contributed by atoms with Crippen molar-refractivity contribution in [3.8, 4) is 0 Å². The lowest BCUT2D eigenvalue weighted by atomic mass is 10.1. The highest BCUT2D eigenvalue weighted by atomic mass is 32.2. The number of sulfonamides is 1. The van der Waals surface area contributed by atoms with Gasteiger partial charge in [0.1, 0.15) is 0 Å². The SMILES string of the molecule is CCCS(=O)(=O)NCCN(C(C)=O)c1ccc(CC)cc1. The molecule has 0 aromatic heterocycles. The lowest BCUT2D eigenvalue weighted by Gasteiger charge is -2.21. The molecule has 1 rings (SSSR count). The molecule has 0 saturated heterocycles. The standard InChI is InChI=1S/C15H24N2O3S/c1-4-12-21(19,20)16-10-11-17(13(3)18)15-8-6-14(5-2)7-9-15/h6-9,16H,4-5,10-12H2,1-3H3. The first-order valence-corrected chi connectivity index (χ1v) is 8.89. The van der Waals surface area contributed by atoms with Gasteiger partial charge in [-0.1, -0.05) is 26.0 Å². The lowest BCUT2D eigenvalue weighted by molar-refractivity contribution is -0.116. The Balaban J connectivity index is 2.68. The highest BCUT2D eigenvalue weighted by Gasteiger charge is 2.13. The van der Waals surface area contributed by atoms with E-state index in [4.69, 9.17) is 0 Å². The largest absolute Gasteiger partial charge is 0.311 e. The molecule has 6 heteroatoms. The first-order valence-electron chi connectivity index (χ1n) is 7.24. The fraction of sp³-hybridized carbons (Fsp3) is 0.533. The van der Waals surface area contributed by atoms with Gasteiger partial charge in [-0.2, -0.15) is 0 Å². The summed E-state index contributed by atoms with van der Waals surface area (Å²) in [5.74, 6) is 0.00656. The molecule has 0 unspecified atom stereocenters. The number of rotatable bonds is 8. The fourth-order valence-corrected chi connectivity index (χ4v) is 3.12. The molecule has 0 spiro atoms. The Labute approximate surface area is 127 Å². The average Bonchev–Trinajstić information content (AvgIpc) is 2.43. The normalized spacial score (nSPS) is 11.4. The minimum atomic E-state index is -3.23. The van der Waals surface area contributed by atoms with E-state index < -0.39 is 10.0 Å². The summed E-state index contributed by atoms with van der Waals surface area (Å²) >= 11 is 0. The van der Waals surface area contributed by atoms with Crippen LogP contribution in [0.1, 0.15) is 32.8 Å². The van der Waals surface area contributed by atoms with Crippen molar-refractivity contribution >= 4 is 21.6 Å². The Kier molecular flexibility index (Phi) is 6.84. The second kappa shape index (κ2) is 8.14. The third-order valence-corrected chi connectivity index (χ3v) is 4.76. The van der Waals surface area contributed by atoms with Gasteiger partial charge >= 0.3 is 0 Å². The van der Waals surface area contributed by atoms with E-state index in [1.807, 2.05) is 31.2 Å². The van der Waals surface area contributed by atoms with Crippen molar-refractivity contribution in [2.24, 2.45) is 0 Å². The number of anilines is 1. The fourth-order valence-electron chi connectivity index (χ4n) is 2.03. The van der Waals surface area contributed by atoms with Gasteiger partial charge in [-0.3, -0.25) is 4.79 Å². The first-order chi connectivity index (χ1) is 9.89. The first kappa shape index (κ1) is 17.7. The average molecular weight is 312 g/mol. The zero-order valence-electron chi connectivity index (χ0n) is 12.9. The summed E-state index contributed by atoms with van der Waals surface area (Å²) in [4.78, 5) is 13.3. The predicted octanol–water partition coefficient (Wildman–Crippen LogP) is 1.93. The summed E-state index contributed by atoms with van der Waals surface area (Å²) in [5.41, 5.74) is 1.99. The molecule has 1 aromatic carbocycles. The maximum absolute atomic E-state index is 11.7. The smallest absolute Gasteiger partial charge is 0.223 e. The summed E-state index contributed by atoms with van der Waals surface area (Å²) in [7, 11) is -3.23. The molecule has 0 bridgehead atoms. The Morgan fingerprint density at radius 2 is 1.81 bits per heavy atom. The van der Waals surface area contributed by atoms with Gasteiger partial charge in [-0.05, 0) is 30.5 Å². The van der Waals surface area contributed by atoms with Crippen molar-refractivity contribution in [2.45, 2.75) is 33.6 Å². The quantitative estimate of drug-likeness (QED) is 0.797. The predicted molar refractivity (Wildman–Crippen MR) is 85.9 cm³/mol. The van der Waals surface area contributed by atoms with E-state index in [-0.39, 0.29) is 18.2 Å². The molecular formula is C15H24N2O3S. The third kappa shape index (κ3) is 5.85. The van der Waals surface area contributed by atoms with Crippen molar-refractivity contribution in [1.82, 2.24) is 4.72 Å². The van der Waals surface area contributed by atoms with Gasteiger partial charge in [-0.15, -0.1) is 0 Å². The number of nitrogens with zero attached hydrogens (tertiary/aromatic N) is 1. The molecule has 5 nitrogen and oxygen atoms in total. The van der Waals surface area contributed by atoms with Gasteiger partial charge in [-0.25, -0.2) is 13.1 Å². The van der Waals surface area contributed by atoms with Crippen LogP contribution in [0.4, 0.5) is 5.69 Å². The van der Waals surface area contributed by atoms with Crippen molar-refractivity contribution in [1.29, 1.82) is 0 Å². The topological polar surface area (TPSA) is 66.5 Å². The van der Waals surface area contributed by atoms with Crippen LogP contribution in [0.15, 0.2) is 24.3 Å². The molecule has 0 fully saturated rings. The summed E-state index contributed by atoms with van der Waals surface area (Å²) < 4.78 is 25.7. The Hall–Kier alpha value is -1.40. The van der Waals surface area contributed by atoms with E-state index in [2.05, 4.69) is 11.6 Å². The Bertz CT molecular complexity index is 553. The van der Waals surface area contributed by atoms with Crippen LogP contribution < -0.4 is 9.62 Å². The molecule has 0 saturated carbocycles. The Morgan fingerprint density at radius 3 is 2.29 bits per heavy atom. The molecule has 1 aromatic rings. The zero-order valence-corrected chi connectivity index (χ0v) is 13.7. The minimum absolute atomic E-state index is 0.103. The zero-order chi connectivity index (χ0) is 15.9. The van der Waals surface area contributed by atoms with E-state index in [1.165, 1.54) is 12.5 Å². The number of carbonyl (C=O) groups excluding carboxylic acids is 1. The summed E-state index contributed by atoms with van der Waals surface area (Å²) in [6, 6.07) is 7.74. The van der Waals surface area contributed by atoms with Gasteiger partial charge in [0.25, 0.3) is 0 Å². The number of hydrogen-bond donors (Lipinski definition) is 1. The van der Waals surface area contributed by atoms with Crippen LogP contribution in [0, 0.1) is 0 Å². The molecule has 0 aliphatic rings. The van der Waals surface area contributed by atoms with Crippen LogP contribution in [0.3, 0.4) is 0 Å². The van der Waals surface area contributed by atoms with E-state index in [0.29, 0.717) is 13.0 Å². The second-order valence-electron chi connectivity index (χ2n) is 4.90. The highest BCUT2D eigenvalue weighted by Crippen LogP contribution is 2.15. The maximum Gasteiger partial charge on any atom is 0.223 e. The van der Waals surface area contributed by atoms with Gasteiger partial charge in [0.2, 0.25) is 15.9 Å². The van der Waals surface area contributed by atoms with Crippen molar-refractivity contribution in [3.63, 3.8) is 0 Å². The monoisotopic (exact) mass is 312 g/mol. The number of hydrogen-bond acceptors (Lipinski definition) is 3. The number of nitrogens with one attached hydrogen (secondary N) is 1. The van der Waals surface area contributed by atoms with E-state index in [0.717, 1.165) is 12.1 Å². The van der Waals surface area contributed by atoms with E-state index in [1.54, 1.807) is 4.90 Å². The molecule has 1 N–H and O–H groups in total. The third-order valence-electron chi connectivity index (χ3n) is 3.17. The molecule has 0 radical (unpaired) electrons. The Morgan fingerprint density at radius 1 is 1.19 bits per heavy atom. The molecule has 0 heterocycles. The molecular weight excluding hydrogens is 288 g/mol. The lowest BCUT2D eigenvalue weighted by Crippen LogP contribution is -2.38. The molecule has 0 aliphatic carbocycles. The number of aryl methyl sites for hydroxylation is 1. The van der Waals surface area contributed by atoms with E-state index in [9.17, 15) is 13.2 Å². The molecule has 0 aliphatic heterocycles. The van der Waals surface area contributed by atoms with Crippen LogP contribution in [-0.2, 0) is 21.2 Å². The van der Waals surface area contributed by atoms with Crippen molar-refractivity contribution in [2.75, 3.05) is 23.7 Å². The summed E-state index contributed by atoms with van der Waals surface area (Å²) in [6.45, 7) is 5.91. The second-order valence-corrected chi connectivity index (χ2v) is 6.83. The van der Waals surface area contributed by atoms with Gasteiger partial charge in [0, 0.05) is 25.7 Å². The summed E-state index contributed by atoms with van der Waals surface area (Å²) in [5, 5.41) is 0. The molecule has 21 heavy (non-hydrogen) atoms. The molecule has 118 valence electrons. The number of benzene rings is 1. The van der Waals surface area contributed by atoms with Crippen LogP contribution >= 0.6 is 0 Å². The minimum Gasteiger partial charge on any atom is -0.311 e.